The van der Waals surface area contributed by atoms with E-state index >= 15 is 4.79 Å². The molecule has 3 heteroatoms. The Balaban J connectivity index is 1.29. The first kappa shape index (κ1) is 27.5. The fraction of sp³-hybridized carbons (Fsp3) is 0.0208. The molecule has 2 aliphatic rings. The third kappa shape index (κ3) is 3.22. The van der Waals surface area contributed by atoms with Crippen molar-refractivity contribution in [2.75, 3.05) is 0 Å². The Morgan fingerprint density at radius 3 is 1.67 bits per heavy atom. The van der Waals surface area contributed by atoms with E-state index in [-0.39, 0.29) is 5.56 Å². The lowest BCUT2D eigenvalue weighted by molar-refractivity contribution is 0.794. The fourth-order valence-electron chi connectivity index (χ4n) is 9.75. The number of thiophene rings is 1. The van der Waals surface area contributed by atoms with E-state index < -0.39 is 5.41 Å². The highest BCUT2D eigenvalue weighted by molar-refractivity contribution is 7.23. The number of para-hydroxylation sites is 1. The monoisotopic (exact) mass is 665 g/mol. The maximum Gasteiger partial charge on any atom is 0.273 e. The van der Waals surface area contributed by atoms with Crippen LogP contribution in [-0.4, -0.2) is 4.40 Å². The molecule has 10 aromatic rings. The number of hydrogen-bond acceptors (Lipinski definition) is 2. The minimum absolute atomic E-state index is 0.0483. The number of aromatic nitrogens is 1. The molecule has 7 aromatic carbocycles. The van der Waals surface area contributed by atoms with E-state index in [1.165, 1.54) is 38.9 Å². The van der Waals surface area contributed by atoms with Crippen molar-refractivity contribution in [3.8, 4) is 43.8 Å². The van der Waals surface area contributed by atoms with Crippen molar-refractivity contribution >= 4 is 48.6 Å². The van der Waals surface area contributed by atoms with E-state index in [1.54, 1.807) is 11.3 Å². The van der Waals surface area contributed by atoms with E-state index in [2.05, 4.69) is 168 Å². The molecule has 0 N–H and O–H groups in total. The first-order valence-electron chi connectivity index (χ1n) is 17.5. The molecule has 0 aliphatic heterocycles. The molecule has 12 rings (SSSR count). The SMILES string of the molecule is O=c1c2sc(-c3ccccc3)c(-c3ccccc3)c2c2cccc3c4ccc5c(c4n1c32)-c1ccccc1C51c2ccccc2-c2ccccc21. The molecular weight excluding hydrogens is 639 g/mol. The standard InChI is InChI=1S/C48H27NOS/c50-47-46-42(40(28-14-3-1-4-15-28)45(51-46)29-16-5-2-6-17-29)35-22-13-21-32-33-26-27-39-41(44(33)49(47)43(32)35)34-20-9-12-25-38(34)48(39)36-23-10-7-18-30(36)31-19-8-11-24-37(31)48/h1-27H. The predicted octanol–water partition coefficient (Wildman–Crippen LogP) is 11.9. The molecule has 3 aromatic heterocycles. The van der Waals surface area contributed by atoms with Crippen LogP contribution in [0, 0.1) is 0 Å². The summed E-state index contributed by atoms with van der Waals surface area (Å²) in [5, 5.41) is 4.39. The average Bonchev–Trinajstić information content (AvgIpc) is 3.93. The second-order valence-corrected chi connectivity index (χ2v) is 14.9. The third-order valence-corrected chi connectivity index (χ3v) is 12.8. The maximum absolute atomic E-state index is 15.4. The van der Waals surface area contributed by atoms with Crippen LogP contribution in [0.4, 0.5) is 0 Å². The highest BCUT2D eigenvalue weighted by Crippen LogP contribution is 2.64. The van der Waals surface area contributed by atoms with Crippen LogP contribution in [0.2, 0.25) is 0 Å². The first-order valence-corrected chi connectivity index (χ1v) is 18.3. The normalized spacial score (nSPS) is 13.7. The third-order valence-electron chi connectivity index (χ3n) is 11.6. The summed E-state index contributed by atoms with van der Waals surface area (Å²) in [6, 6.07) is 59.0. The summed E-state index contributed by atoms with van der Waals surface area (Å²) in [7, 11) is 0. The van der Waals surface area contributed by atoms with Crippen LogP contribution in [-0.2, 0) is 5.41 Å². The van der Waals surface area contributed by atoms with Crippen LogP contribution in [0.1, 0.15) is 22.3 Å². The molecule has 2 aliphatic carbocycles. The van der Waals surface area contributed by atoms with Crippen molar-refractivity contribution in [1.29, 1.82) is 0 Å². The average molecular weight is 666 g/mol. The van der Waals surface area contributed by atoms with Crippen molar-refractivity contribution in [2.45, 2.75) is 5.41 Å². The summed E-state index contributed by atoms with van der Waals surface area (Å²) < 4.78 is 2.87. The molecule has 0 bridgehead atoms. The van der Waals surface area contributed by atoms with Gasteiger partial charge in [-0.15, -0.1) is 11.3 Å². The Labute approximate surface area is 297 Å². The molecule has 0 saturated heterocycles. The molecule has 0 saturated carbocycles. The van der Waals surface area contributed by atoms with Crippen LogP contribution in [0.5, 0.6) is 0 Å². The Bertz CT molecular complexity index is 3110. The molecule has 0 radical (unpaired) electrons. The predicted molar refractivity (Wildman–Crippen MR) is 212 cm³/mol. The van der Waals surface area contributed by atoms with E-state index in [1.807, 2.05) is 0 Å². The molecule has 51 heavy (non-hydrogen) atoms. The highest BCUT2D eigenvalue weighted by atomic mass is 32.1. The lowest BCUT2D eigenvalue weighted by Gasteiger charge is -2.30. The quantitative estimate of drug-likeness (QED) is 0.180. The van der Waals surface area contributed by atoms with Gasteiger partial charge < -0.3 is 0 Å². The highest BCUT2D eigenvalue weighted by Gasteiger charge is 2.52. The van der Waals surface area contributed by atoms with Crippen LogP contribution >= 0.6 is 11.3 Å². The summed E-state index contributed by atoms with van der Waals surface area (Å²) in [5.41, 5.74) is 15.0. The van der Waals surface area contributed by atoms with Crippen LogP contribution in [0.25, 0.3) is 81.1 Å². The van der Waals surface area contributed by atoms with Gasteiger partial charge in [-0.3, -0.25) is 9.20 Å². The molecule has 2 nitrogen and oxygen atoms in total. The number of pyridine rings is 1. The van der Waals surface area contributed by atoms with Gasteiger partial charge in [0.05, 0.1) is 16.4 Å². The minimum atomic E-state index is -0.473. The largest absolute Gasteiger partial charge is 0.274 e. The number of hydrogen-bond donors (Lipinski definition) is 0. The van der Waals surface area contributed by atoms with Crippen molar-refractivity contribution in [2.24, 2.45) is 0 Å². The zero-order valence-corrected chi connectivity index (χ0v) is 28.2. The molecule has 0 unspecified atom stereocenters. The van der Waals surface area contributed by atoms with E-state index in [9.17, 15) is 0 Å². The van der Waals surface area contributed by atoms with Gasteiger partial charge >= 0.3 is 0 Å². The lowest BCUT2D eigenvalue weighted by Crippen LogP contribution is -2.25. The number of nitrogens with zero attached hydrogens (tertiary/aromatic N) is 1. The second-order valence-electron chi connectivity index (χ2n) is 13.9. The van der Waals surface area contributed by atoms with E-state index in [4.69, 9.17) is 0 Å². The van der Waals surface area contributed by atoms with Crippen molar-refractivity contribution in [3.05, 3.63) is 196 Å². The summed E-state index contributed by atoms with van der Waals surface area (Å²) in [6.07, 6.45) is 0. The lowest BCUT2D eigenvalue weighted by atomic mass is 9.70. The summed E-state index contributed by atoms with van der Waals surface area (Å²) in [6.45, 7) is 0. The van der Waals surface area contributed by atoms with Crippen molar-refractivity contribution in [3.63, 3.8) is 0 Å². The summed E-state index contributed by atoms with van der Waals surface area (Å²) >= 11 is 1.63. The van der Waals surface area contributed by atoms with Gasteiger partial charge in [-0.05, 0) is 50.1 Å². The smallest absolute Gasteiger partial charge is 0.273 e. The van der Waals surface area contributed by atoms with Gasteiger partial charge in [-0.1, -0.05) is 164 Å². The molecule has 0 fully saturated rings. The summed E-state index contributed by atoms with van der Waals surface area (Å²) in [4.78, 5) is 16.5. The Hall–Kier alpha value is -6.29. The number of benzene rings is 7. The van der Waals surface area contributed by atoms with E-state index in [0.29, 0.717) is 0 Å². The van der Waals surface area contributed by atoms with Gasteiger partial charge in [-0.25, -0.2) is 0 Å². The van der Waals surface area contributed by atoms with Crippen molar-refractivity contribution in [1.82, 2.24) is 4.40 Å². The fourth-order valence-corrected chi connectivity index (χ4v) is 11.0. The molecule has 1 spiro atoms. The topological polar surface area (TPSA) is 21.5 Å². The van der Waals surface area contributed by atoms with Gasteiger partial charge in [0.1, 0.15) is 4.70 Å². The molecule has 3 heterocycles. The maximum atomic E-state index is 15.4. The van der Waals surface area contributed by atoms with Gasteiger partial charge in [0.15, 0.2) is 0 Å². The van der Waals surface area contributed by atoms with Gasteiger partial charge in [0.2, 0.25) is 0 Å². The van der Waals surface area contributed by atoms with Crippen LogP contribution < -0.4 is 5.56 Å². The Morgan fingerprint density at radius 2 is 0.980 bits per heavy atom. The number of fused-ring (bicyclic) bond motifs is 16. The van der Waals surface area contributed by atoms with Crippen LogP contribution in [0.15, 0.2) is 169 Å². The molecule has 0 amide bonds. The Kier molecular flexibility index (Phi) is 5.23. The zero-order chi connectivity index (χ0) is 33.4. The molecule has 0 atom stereocenters. The summed E-state index contributed by atoms with van der Waals surface area (Å²) in [5.74, 6) is 0. The minimum Gasteiger partial charge on any atom is -0.274 e. The van der Waals surface area contributed by atoms with Gasteiger partial charge in [-0.2, -0.15) is 0 Å². The zero-order valence-electron chi connectivity index (χ0n) is 27.4. The number of rotatable bonds is 2. The Morgan fingerprint density at radius 1 is 0.431 bits per heavy atom. The van der Waals surface area contributed by atoms with Crippen LogP contribution in [0.3, 0.4) is 0 Å². The van der Waals surface area contributed by atoms with Gasteiger partial charge in [0.25, 0.3) is 5.56 Å². The molecular formula is C48H27NOS. The van der Waals surface area contributed by atoms with E-state index in [0.717, 1.165) is 64.4 Å². The first-order chi connectivity index (χ1) is 25.3. The molecule has 236 valence electrons. The second kappa shape index (κ2) is 9.69. The van der Waals surface area contributed by atoms with Crippen molar-refractivity contribution < 1.29 is 0 Å². The van der Waals surface area contributed by atoms with Gasteiger partial charge in [0, 0.05) is 37.5 Å².